The van der Waals surface area contributed by atoms with Crippen LogP contribution in [0.1, 0.15) is 40.0 Å². The summed E-state index contributed by atoms with van der Waals surface area (Å²) in [6.07, 6.45) is 1.31. The third kappa shape index (κ3) is 7.50. The van der Waals surface area contributed by atoms with Gasteiger partial charge in [0.25, 0.3) is 0 Å². The molecule has 13 heavy (non-hydrogen) atoms. The predicted molar refractivity (Wildman–Crippen MR) is 50.5 cm³/mol. The molecule has 0 saturated carbocycles. The average Bonchev–Trinajstić information content (AvgIpc) is 1.80. The van der Waals surface area contributed by atoms with E-state index in [-0.39, 0.29) is 18.1 Å². The van der Waals surface area contributed by atoms with Crippen molar-refractivity contribution in [3.8, 4) is 0 Å². The summed E-state index contributed by atoms with van der Waals surface area (Å²) in [6.45, 7) is 5.58. The van der Waals surface area contributed by atoms with Gasteiger partial charge in [0, 0.05) is 12.8 Å². The number of carbonyl (C=O) groups is 2. The minimum Gasteiger partial charge on any atom is -0.481 e. The summed E-state index contributed by atoms with van der Waals surface area (Å²) in [7, 11) is 0. The Bertz CT molecular complexity index is 169. The molecule has 3 heteroatoms. The van der Waals surface area contributed by atoms with Crippen molar-refractivity contribution in [2.75, 3.05) is 0 Å². The fourth-order valence-electron chi connectivity index (χ4n) is 1.56. The van der Waals surface area contributed by atoms with Gasteiger partial charge in [-0.25, -0.2) is 0 Å². The van der Waals surface area contributed by atoms with Crippen LogP contribution in [-0.4, -0.2) is 16.9 Å². The number of aliphatic carboxylic acids is 1. The second-order valence-corrected chi connectivity index (χ2v) is 4.00. The highest BCUT2D eigenvalue weighted by Crippen LogP contribution is 2.19. The third-order valence-electron chi connectivity index (χ3n) is 1.84. The Morgan fingerprint density at radius 2 is 1.77 bits per heavy atom. The van der Waals surface area contributed by atoms with Crippen molar-refractivity contribution in [2.45, 2.75) is 40.0 Å². The number of carbonyl (C=O) groups excluding carboxylic acids is 1. The van der Waals surface area contributed by atoms with Crippen LogP contribution in [0.25, 0.3) is 0 Å². The van der Waals surface area contributed by atoms with Crippen molar-refractivity contribution in [3.05, 3.63) is 0 Å². The van der Waals surface area contributed by atoms with Crippen molar-refractivity contribution >= 4 is 11.8 Å². The van der Waals surface area contributed by atoms with E-state index in [4.69, 9.17) is 5.11 Å². The maximum absolute atomic E-state index is 10.8. The summed E-state index contributed by atoms with van der Waals surface area (Å²) < 4.78 is 0. The molecular weight excluding hydrogens is 168 g/mol. The monoisotopic (exact) mass is 186 g/mol. The fourth-order valence-corrected chi connectivity index (χ4v) is 1.56. The Kier molecular flexibility index (Phi) is 5.35. The van der Waals surface area contributed by atoms with E-state index < -0.39 is 5.97 Å². The highest BCUT2D eigenvalue weighted by molar-refractivity contribution is 5.76. The molecule has 0 aromatic rings. The molecule has 1 N–H and O–H groups in total. The summed E-state index contributed by atoms with van der Waals surface area (Å²) in [6, 6.07) is 0. The van der Waals surface area contributed by atoms with Gasteiger partial charge in [0.05, 0.1) is 0 Å². The molecule has 0 unspecified atom stereocenters. The molecule has 0 spiro atoms. The van der Waals surface area contributed by atoms with Crippen molar-refractivity contribution < 1.29 is 14.7 Å². The molecule has 0 bridgehead atoms. The summed E-state index contributed by atoms with van der Waals surface area (Å²) >= 11 is 0. The van der Waals surface area contributed by atoms with Crippen LogP contribution in [0.5, 0.6) is 0 Å². The zero-order valence-corrected chi connectivity index (χ0v) is 8.54. The average molecular weight is 186 g/mol. The van der Waals surface area contributed by atoms with Gasteiger partial charge in [0.15, 0.2) is 0 Å². The SMILES string of the molecule is CC(=O)C[C@@H](CC(=O)O)CC(C)C. The van der Waals surface area contributed by atoms with E-state index >= 15 is 0 Å². The molecule has 0 radical (unpaired) electrons. The Hall–Kier alpha value is -0.860. The van der Waals surface area contributed by atoms with Gasteiger partial charge in [-0.2, -0.15) is 0 Å². The minimum atomic E-state index is -0.813. The lowest BCUT2D eigenvalue weighted by Crippen LogP contribution is -2.13. The Morgan fingerprint density at radius 1 is 1.23 bits per heavy atom. The largest absolute Gasteiger partial charge is 0.481 e. The molecule has 0 amide bonds. The Labute approximate surface area is 79.1 Å². The van der Waals surface area contributed by atoms with E-state index in [1.807, 2.05) is 13.8 Å². The molecule has 76 valence electrons. The van der Waals surface area contributed by atoms with Gasteiger partial charge in [0.1, 0.15) is 5.78 Å². The van der Waals surface area contributed by atoms with Crippen molar-refractivity contribution in [2.24, 2.45) is 11.8 Å². The van der Waals surface area contributed by atoms with Crippen molar-refractivity contribution in [3.63, 3.8) is 0 Å². The van der Waals surface area contributed by atoms with Gasteiger partial charge >= 0.3 is 5.97 Å². The van der Waals surface area contributed by atoms with Crippen molar-refractivity contribution in [1.82, 2.24) is 0 Å². The number of carboxylic acids is 1. The van der Waals surface area contributed by atoms with Crippen LogP contribution in [0.3, 0.4) is 0 Å². The lowest BCUT2D eigenvalue weighted by atomic mass is 9.90. The maximum Gasteiger partial charge on any atom is 0.303 e. The summed E-state index contributed by atoms with van der Waals surface area (Å²) in [4.78, 5) is 21.3. The number of ketones is 1. The molecule has 0 aromatic heterocycles. The molecule has 0 rings (SSSR count). The van der Waals surface area contributed by atoms with Crippen LogP contribution in [0.4, 0.5) is 0 Å². The van der Waals surface area contributed by atoms with Crippen LogP contribution in [0.15, 0.2) is 0 Å². The Balaban J connectivity index is 4.02. The lowest BCUT2D eigenvalue weighted by molar-refractivity contribution is -0.138. The first-order valence-electron chi connectivity index (χ1n) is 4.63. The topological polar surface area (TPSA) is 54.4 Å². The van der Waals surface area contributed by atoms with Gasteiger partial charge in [-0.05, 0) is 25.2 Å². The minimum absolute atomic E-state index is 0.00926. The first-order valence-corrected chi connectivity index (χ1v) is 4.63. The fraction of sp³-hybridized carbons (Fsp3) is 0.800. The van der Waals surface area contributed by atoms with Gasteiger partial charge in [0.2, 0.25) is 0 Å². The first kappa shape index (κ1) is 12.1. The molecule has 0 saturated heterocycles. The molecule has 0 aliphatic rings. The van der Waals surface area contributed by atoms with E-state index in [2.05, 4.69) is 0 Å². The molecule has 1 atom stereocenters. The quantitative estimate of drug-likeness (QED) is 0.691. The molecule has 0 fully saturated rings. The number of carboxylic acid groups (broad SMARTS) is 1. The van der Waals surface area contributed by atoms with Crippen LogP contribution in [0.2, 0.25) is 0 Å². The van der Waals surface area contributed by atoms with Crippen LogP contribution < -0.4 is 0 Å². The zero-order valence-electron chi connectivity index (χ0n) is 8.54. The number of rotatable bonds is 6. The predicted octanol–water partition coefficient (Wildman–Crippen LogP) is 2.10. The first-order chi connectivity index (χ1) is 5.91. The highest BCUT2D eigenvalue weighted by Gasteiger charge is 2.16. The number of hydrogen-bond acceptors (Lipinski definition) is 2. The smallest absolute Gasteiger partial charge is 0.303 e. The molecule has 3 nitrogen and oxygen atoms in total. The van der Waals surface area contributed by atoms with E-state index in [0.717, 1.165) is 6.42 Å². The zero-order chi connectivity index (χ0) is 10.4. The normalized spacial score (nSPS) is 12.9. The molecular formula is C10H18O3. The van der Waals surface area contributed by atoms with E-state index in [1.54, 1.807) is 0 Å². The Morgan fingerprint density at radius 3 is 2.08 bits per heavy atom. The third-order valence-corrected chi connectivity index (χ3v) is 1.84. The van der Waals surface area contributed by atoms with E-state index in [9.17, 15) is 9.59 Å². The molecule has 0 heterocycles. The standard InChI is InChI=1S/C10H18O3/c1-7(2)4-9(5-8(3)11)6-10(12)13/h7,9H,4-6H2,1-3H3,(H,12,13)/t9-/m0/s1. The summed E-state index contributed by atoms with van der Waals surface area (Å²) in [5, 5.41) is 8.60. The molecule has 0 aliphatic heterocycles. The number of hydrogen-bond donors (Lipinski definition) is 1. The second-order valence-electron chi connectivity index (χ2n) is 4.00. The van der Waals surface area contributed by atoms with E-state index in [0.29, 0.717) is 12.3 Å². The number of Topliss-reactive ketones (excluding diaryl/α,β-unsaturated/α-hetero) is 1. The van der Waals surface area contributed by atoms with Gasteiger partial charge in [-0.15, -0.1) is 0 Å². The van der Waals surface area contributed by atoms with Crippen molar-refractivity contribution in [1.29, 1.82) is 0 Å². The molecule has 0 aliphatic carbocycles. The van der Waals surface area contributed by atoms with Gasteiger partial charge in [-0.1, -0.05) is 13.8 Å². The lowest BCUT2D eigenvalue weighted by Gasteiger charge is -2.14. The van der Waals surface area contributed by atoms with Crippen LogP contribution >= 0.6 is 0 Å². The van der Waals surface area contributed by atoms with Crippen LogP contribution in [-0.2, 0) is 9.59 Å². The van der Waals surface area contributed by atoms with Gasteiger partial charge < -0.3 is 9.90 Å². The molecule has 0 aromatic carbocycles. The van der Waals surface area contributed by atoms with E-state index in [1.165, 1.54) is 6.92 Å². The maximum atomic E-state index is 10.8. The summed E-state index contributed by atoms with van der Waals surface area (Å²) in [5.41, 5.74) is 0. The van der Waals surface area contributed by atoms with Crippen LogP contribution in [0, 0.1) is 11.8 Å². The summed E-state index contributed by atoms with van der Waals surface area (Å²) in [5.74, 6) is -0.280. The second kappa shape index (κ2) is 5.73. The van der Waals surface area contributed by atoms with Gasteiger partial charge in [-0.3, -0.25) is 4.79 Å². The highest BCUT2D eigenvalue weighted by atomic mass is 16.4.